The van der Waals surface area contributed by atoms with Crippen LogP contribution < -0.4 is 5.32 Å². The molecule has 1 aromatic heterocycles. The Morgan fingerprint density at radius 2 is 1.85 bits per heavy atom. The number of carbonyl (C=O) groups is 1. The van der Waals surface area contributed by atoms with Crippen molar-refractivity contribution in [1.29, 1.82) is 0 Å². The summed E-state index contributed by atoms with van der Waals surface area (Å²) in [4.78, 5) is 18.9. The van der Waals surface area contributed by atoms with Gasteiger partial charge in [0.25, 0.3) is 5.91 Å². The molecule has 2 heterocycles. The molecule has 4 nitrogen and oxygen atoms in total. The predicted molar refractivity (Wildman–Crippen MR) is 111 cm³/mol. The molecule has 0 aliphatic carbocycles. The molecule has 2 aromatic rings. The molecule has 1 aliphatic rings. The fourth-order valence-corrected chi connectivity index (χ4v) is 4.39. The zero-order valence-corrected chi connectivity index (χ0v) is 17.4. The van der Waals surface area contributed by atoms with Crippen LogP contribution >= 0.6 is 58.2 Å². The van der Waals surface area contributed by atoms with E-state index in [0.717, 1.165) is 36.7 Å². The van der Waals surface area contributed by atoms with Crippen LogP contribution in [-0.4, -0.2) is 40.4 Å². The molecule has 1 aliphatic heterocycles. The maximum Gasteiger partial charge on any atom is 0.275 e. The van der Waals surface area contributed by atoms with Crippen LogP contribution in [0.5, 0.6) is 0 Å². The average molecular weight is 451 g/mol. The van der Waals surface area contributed by atoms with Crippen molar-refractivity contribution in [2.45, 2.75) is 6.54 Å². The number of nitrogens with zero attached hydrogens (tertiary/aromatic N) is 2. The molecule has 0 saturated carbocycles. The second-order valence-corrected chi connectivity index (χ2v) is 8.45. The SMILES string of the molecule is O=C(Nc1cccc(CN2CCSCC2)c1)c1nc(Cl)c(Cl)c(Cl)c1Cl. The molecular weight excluding hydrogens is 436 g/mol. The number of rotatable bonds is 4. The van der Waals surface area contributed by atoms with E-state index in [1.54, 1.807) is 6.07 Å². The zero-order chi connectivity index (χ0) is 18.7. The number of carbonyl (C=O) groups excluding carboxylic acids is 1. The van der Waals surface area contributed by atoms with Crippen LogP contribution in [0.2, 0.25) is 20.2 Å². The van der Waals surface area contributed by atoms with Crippen LogP contribution in [0.4, 0.5) is 5.69 Å². The third kappa shape index (κ3) is 4.77. The van der Waals surface area contributed by atoms with Gasteiger partial charge in [-0.25, -0.2) is 4.98 Å². The Morgan fingerprint density at radius 1 is 1.12 bits per heavy atom. The summed E-state index contributed by atoms with van der Waals surface area (Å²) in [5, 5.41) is 2.72. The number of amides is 1. The molecule has 1 N–H and O–H groups in total. The lowest BCUT2D eigenvalue weighted by Gasteiger charge is -2.26. The number of thioether (sulfide) groups is 1. The molecule has 1 fully saturated rings. The number of hydrogen-bond donors (Lipinski definition) is 1. The van der Waals surface area contributed by atoms with Crippen molar-refractivity contribution < 1.29 is 4.79 Å². The summed E-state index contributed by atoms with van der Waals surface area (Å²) in [5.74, 6) is 1.80. The minimum atomic E-state index is -0.498. The minimum Gasteiger partial charge on any atom is -0.321 e. The fraction of sp³-hybridized carbons (Fsp3) is 0.294. The Labute approximate surface area is 176 Å². The molecule has 26 heavy (non-hydrogen) atoms. The van der Waals surface area contributed by atoms with Crippen molar-refractivity contribution in [2.75, 3.05) is 29.9 Å². The first-order valence-electron chi connectivity index (χ1n) is 7.86. The highest BCUT2D eigenvalue weighted by atomic mass is 35.5. The fourth-order valence-electron chi connectivity index (χ4n) is 2.59. The molecular formula is C17H15Cl4N3OS. The number of nitrogens with one attached hydrogen (secondary N) is 1. The highest BCUT2D eigenvalue weighted by Gasteiger charge is 2.20. The maximum atomic E-state index is 12.5. The van der Waals surface area contributed by atoms with Crippen molar-refractivity contribution >= 4 is 69.8 Å². The lowest BCUT2D eigenvalue weighted by atomic mass is 10.2. The smallest absolute Gasteiger partial charge is 0.275 e. The number of pyridine rings is 1. The summed E-state index contributed by atoms with van der Waals surface area (Å²) in [6, 6.07) is 7.69. The van der Waals surface area contributed by atoms with E-state index in [2.05, 4.69) is 15.2 Å². The molecule has 1 amide bonds. The third-order valence-corrected chi connectivity index (χ3v) is 6.51. The first-order valence-corrected chi connectivity index (χ1v) is 10.5. The minimum absolute atomic E-state index is 0.00945. The van der Waals surface area contributed by atoms with Crippen LogP contribution in [0.3, 0.4) is 0 Å². The van der Waals surface area contributed by atoms with Gasteiger partial charge in [-0.3, -0.25) is 9.69 Å². The Bertz CT molecular complexity index is 828. The van der Waals surface area contributed by atoms with E-state index < -0.39 is 5.91 Å². The monoisotopic (exact) mass is 449 g/mol. The summed E-state index contributed by atoms with van der Waals surface area (Å²) >= 11 is 25.8. The van der Waals surface area contributed by atoms with Crippen molar-refractivity contribution in [1.82, 2.24) is 9.88 Å². The summed E-state index contributed by atoms with van der Waals surface area (Å²) in [6.07, 6.45) is 0. The van der Waals surface area contributed by atoms with Crippen molar-refractivity contribution in [3.8, 4) is 0 Å². The van der Waals surface area contributed by atoms with Gasteiger partial charge in [-0.2, -0.15) is 11.8 Å². The van der Waals surface area contributed by atoms with Gasteiger partial charge in [-0.05, 0) is 17.7 Å². The topological polar surface area (TPSA) is 45.2 Å². The predicted octanol–water partition coefficient (Wildman–Crippen LogP) is 5.50. The molecule has 0 bridgehead atoms. The van der Waals surface area contributed by atoms with E-state index in [-0.39, 0.29) is 25.9 Å². The number of aromatic nitrogens is 1. The molecule has 138 valence electrons. The largest absolute Gasteiger partial charge is 0.321 e. The Kier molecular flexibility index (Phi) is 6.94. The van der Waals surface area contributed by atoms with E-state index in [1.165, 1.54) is 0 Å². The Morgan fingerprint density at radius 3 is 2.58 bits per heavy atom. The standard InChI is InChI=1S/C17H15Cl4N3OS/c18-12-13(19)15(23-16(21)14(12)20)17(25)22-11-3-1-2-10(8-11)9-24-4-6-26-7-5-24/h1-3,8H,4-7,9H2,(H,22,25). The summed E-state index contributed by atoms with van der Waals surface area (Å²) < 4.78 is 0. The normalized spacial score (nSPS) is 15.1. The highest BCUT2D eigenvalue weighted by Crippen LogP contribution is 2.36. The lowest BCUT2D eigenvalue weighted by molar-refractivity contribution is 0.102. The Hall–Kier alpha value is -0.690. The van der Waals surface area contributed by atoms with Crippen LogP contribution in [0, 0.1) is 0 Å². The van der Waals surface area contributed by atoms with Gasteiger partial charge in [0.1, 0.15) is 10.8 Å². The van der Waals surface area contributed by atoms with Gasteiger partial charge in [0, 0.05) is 36.8 Å². The molecule has 0 radical (unpaired) electrons. The molecule has 0 unspecified atom stereocenters. The van der Waals surface area contributed by atoms with Crippen LogP contribution in [0.25, 0.3) is 0 Å². The van der Waals surface area contributed by atoms with E-state index in [0.29, 0.717) is 5.69 Å². The first kappa shape index (κ1) is 20.1. The van der Waals surface area contributed by atoms with Crippen molar-refractivity contribution in [3.05, 3.63) is 55.7 Å². The molecule has 1 aromatic carbocycles. The van der Waals surface area contributed by atoms with Gasteiger partial charge in [0.15, 0.2) is 0 Å². The molecule has 0 spiro atoms. The maximum absolute atomic E-state index is 12.5. The van der Waals surface area contributed by atoms with Crippen LogP contribution in [-0.2, 0) is 6.54 Å². The molecule has 1 saturated heterocycles. The zero-order valence-electron chi connectivity index (χ0n) is 13.6. The number of hydrogen-bond acceptors (Lipinski definition) is 4. The lowest BCUT2D eigenvalue weighted by Crippen LogP contribution is -2.31. The third-order valence-electron chi connectivity index (χ3n) is 3.89. The van der Waals surface area contributed by atoms with E-state index >= 15 is 0 Å². The van der Waals surface area contributed by atoms with E-state index in [1.807, 2.05) is 30.0 Å². The second-order valence-electron chi connectivity index (χ2n) is 5.74. The molecule has 9 heteroatoms. The highest BCUT2D eigenvalue weighted by molar-refractivity contribution is 7.99. The molecule has 3 rings (SSSR count). The van der Waals surface area contributed by atoms with Gasteiger partial charge >= 0.3 is 0 Å². The van der Waals surface area contributed by atoms with Gasteiger partial charge in [0.05, 0.1) is 15.1 Å². The first-order chi connectivity index (χ1) is 12.5. The van der Waals surface area contributed by atoms with Gasteiger partial charge in [0.2, 0.25) is 0 Å². The van der Waals surface area contributed by atoms with Gasteiger partial charge < -0.3 is 5.32 Å². The average Bonchev–Trinajstić information content (AvgIpc) is 2.64. The summed E-state index contributed by atoms with van der Waals surface area (Å²) in [7, 11) is 0. The van der Waals surface area contributed by atoms with Crippen molar-refractivity contribution in [3.63, 3.8) is 0 Å². The van der Waals surface area contributed by atoms with E-state index in [4.69, 9.17) is 46.4 Å². The van der Waals surface area contributed by atoms with E-state index in [9.17, 15) is 4.79 Å². The van der Waals surface area contributed by atoms with Gasteiger partial charge in [-0.1, -0.05) is 58.5 Å². The quantitative estimate of drug-likeness (QED) is 0.625. The van der Waals surface area contributed by atoms with Crippen LogP contribution in [0.15, 0.2) is 24.3 Å². The van der Waals surface area contributed by atoms with Crippen LogP contribution in [0.1, 0.15) is 16.1 Å². The number of benzene rings is 1. The summed E-state index contributed by atoms with van der Waals surface area (Å²) in [5.41, 5.74) is 1.71. The Balaban J connectivity index is 1.74. The van der Waals surface area contributed by atoms with Gasteiger partial charge in [-0.15, -0.1) is 0 Å². The number of halogens is 4. The molecule has 0 atom stereocenters. The van der Waals surface area contributed by atoms with Crippen molar-refractivity contribution in [2.24, 2.45) is 0 Å². The second kappa shape index (κ2) is 9.00. The summed E-state index contributed by atoms with van der Waals surface area (Å²) in [6.45, 7) is 2.99. The number of anilines is 1.